The van der Waals surface area contributed by atoms with E-state index in [1.54, 1.807) is 35.1 Å². The zero-order valence-corrected chi connectivity index (χ0v) is 14.9. The molecule has 0 fully saturated rings. The molecule has 128 valence electrons. The lowest BCUT2D eigenvalue weighted by Crippen LogP contribution is -3.06. The van der Waals surface area contributed by atoms with Crippen LogP contribution in [0.5, 0.6) is 0 Å². The van der Waals surface area contributed by atoms with Crippen LogP contribution in [0.3, 0.4) is 0 Å². The molecule has 1 amide bonds. The van der Waals surface area contributed by atoms with E-state index in [9.17, 15) is 4.79 Å². The Balaban J connectivity index is 1.80. The van der Waals surface area contributed by atoms with Gasteiger partial charge >= 0.3 is 0 Å². The summed E-state index contributed by atoms with van der Waals surface area (Å²) in [6.45, 7) is 4.27. The number of rotatable bonds is 3. The Morgan fingerprint density at radius 2 is 2.12 bits per heavy atom. The average Bonchev–Trinajstić information content (AvgIpc) is 3.18. The lowest BCUT2D eigenvalue weighted by Gasteiger charge is -2.28. The van der Waals surface area contributed by atoms with E-state index >= 15 is 0 Å². The van der Waals surface area contributed by atoms with Gasteiger partial charge in [-0.05, 0) is 24.5 Å². The number of fused-ring (bicyclic) bond motifs is 3. The molecule has 1 atom stereocenters. The van der Waals surface area contributed by atoms with Crippen molar-refractivity contribution in [2.75, 3.05) is 7.05 Å². The predicted octanol–water partition coefficient (Wildman–Crippen LogP) is 1.56. The van der Waals surface area contributed by atoms with Crippen molar-refractivity contribution in [2.24, 2.45) is 10.9 Å². The minimum atomic E-state index is -0.109. The van der Waals surface area contributed by atoms with Crippen LogP contribution in [0, 0.1) is 5.92 Å². The summed E-state index contributed by atoms with van der Waals surface area (Å²) < 4.78 is 1.64. The number of quaternary nitrogens is 1. The van der Waals surface area contributed by atoms with Gasteiger partial charge in [0.2, 0.25) is 12.2 Å². The Labute approximate surface area is 150 Å². The fourth-order valence-electron chi connectivity index (χ4n) is 3.19. The minimum absolute atomic E-state index is 0.109. The first-order valence-corrected chi connectivity index (χ1v) is 8.48. The summed E-state index contributed by atoms with van der Waals surface area (Å²) in [4.78, 5) is 19.7. The highest BCUT2D eigenvalue weighted by Gasteiger charge is 2.42. The van der Waals surface area contributed by atoms with Gasteiger partial charge in [-0.1, -0.05) is 30.7 Å². The van der Waals surface area contributed by atoms with E-state index in [4.69, 9.17) is 11.6 Å². The fourth-order valence-corrected chi connectivity index (χ4v) is 3.36. The van der Waals surface area contributed by atoms with Crippen molar-refractivity contribution < 1.29 is 9.69 Å². The number of hydrogen-bond acceptors (Lipinski definition) is 4. The van der Waals surface area contributed by atoms with Gasteiger partial charge in [-0.2, -0.15) is 9.67 Å². The largest absolute Gasteiger partial charge is 0.268 e. The molecule has 7 nitrogen and oxygen atoms in total. The Morgan fingerprint density at radius 3 is 2.88 bits per heavy atom. The molecule has 1 aromatic heterocycles. The molecule has 2 aliphatic rings. The molecule has 0 spiro atoms. The molecule has 0 saturated carbocycles. The maximum absolute atomic E-state index is 12.8. The number of benzene rings is 1. The van der Waals surface area contributed by atoms with Gasteiger partial charge in [0.1, 0.15) is 5.56 Å². The van der Waals surface area contributed by atoms with Crippen LogP contribution in [-0.2, 0) is 6.42 Å². The van der Waals surface area contributed by atoms with E-state index in [-0.39, 0.29) is 5.91 Å². The molecule has 1 N–H and O–H groups in total. The van der Waals surface area contributed by atoms with Crippen LogP contribution in [0.2, 0.25) is 5.02 Å². The zero-order valence-electron chi connectivity index (χ0n) is 14.2. The minimum Gasteiger partial charge on any atom is -0.268 e. The standard InChI is InChI=1S/C17H17ClN6O/c1-10(2)6-12-8-24(21-20-12)15-16-22(3)17(25)13-7-11(18)4-5-14(13)23(16)9-19-15/h4-5,7-10H,6H2,1-3H3/p+1. The molecule has 0 aliphatic carbocycles. The number of amides is 1. The number of aliphatic imine (C=N–C) groups is 1. The average molecular weight is 358 g/mol. The van der Waals surface area contributed by atoms with Crippen LogP contribution >= 0.6 is 11.6 Å². The van der Waals surface area contributed by atoms with Gasteiger partial charge in [-0.3, -0.25) is 9.69 Å². The van der Waals surface area contributed by atoms with Gasteiger partial charge in [0.05, 0.1) is 11.9 Å². The third-order valence-electron chi connectivity index (χ3n) is 4.30. The molecule has 3 heterocycles. The van der Waals surface area contributed by atoms with Crippen LogP contribution < -0.4 is 4.90 Å². The lowest BCUT2D eigenvalue weighted by molar-refractivity contribution is -0.685. The van der Waals surface area contributed by atoms with Crippen LogP contribution in [0.1, 0.15) is 29.9 Å². The highest BCUT2D eigenvalue weighted by molar-refractivity contribution is 6.31. The Kier molecular flexibility index (Phi) is 3.70. The smallest absolute Gasteiger partial charge is 0.268 e. The van der Waals surface area contributed by atoms with Crippen molar-refractivity contribution in [1.82, 2.24) is 19.9 Å². The molecule has 0 saturated heterocycles. The highest BCUT2D eigenvalue weighted by atomic mass is 35.5. The second kappa shape index (κ2) is 5.79. The van der Waals surface area contributed by atoms with Crippen molar-refractivity contribution in [3.63, 3.8) is 0 Å². The molecule has 0 bridgehead atoms. The van der Waals surface area contributed by atoms with Gasteiger partial charge in [0.15, 0.2) is 5.69 Å². The van der Waals surface area contributed by atoms with E-state index in [0.29, 0.717) is 22.3 Å². The summed E-state index contributed by atoms with van der Waals surface area (Å²) in [6.07, 6.45) is 4.49. The van der Waals surface area contributed by atoms with E-state index in [1.165, 1.54) is 0 Å². The molecular weight excluding hydrogens is 340 g/mol. The molecule has 4 rings (SSSR count). The number of nitrogens with zero attached hydrogens (tertiary/aromatic N) is 5. The van der Waals surface area contributed by atoms with Crippen molar-refractivity contribution in [3.8, 4) is 0 Å². The first-order chi connectivity index (χ1) is 12.0. The number of halogens is 1. The monoisotopic (exact) mass is 357 g/mol. The number of nitrogens with one attached hydrogen (secondary N) is 1. The summed E-state index contributed by atoms with van der Waals surface area (Å²) in [7, 11) is 1.74. The molecular formula is C17H18ClN6O+. The van der Waals surface area contributed by atoms with Crippen LogP contribution in [0.15, 0.2) is 35.2 Å². The Bertz CT molecular complexity index is 929. The second-order valence-electron chi connectivity index (χ2n) is 6.65. The zero-order chi connectivity index (χ0) is 17.7. The van der Waals surface area contributed by atoms with E-state index in [2.05, 4.69) is 29.2 Å². The molecule has 0 radical (unpaired) electrons. The third kappa shape index (κ3) is 2.56. The summed E-state index contributed by atoms with van der Waals surface area (Å²) in [6, 6.07) is 5.34. The summed E-state index contributed by atoms with van der Waals surface area (Å²) >= 11 is 6.05. The van der Waals surface area contributed by atoms with E-state index in [1.807, 2.05) is 12.3 Å². The summed E-state index contributed by atoms with van der Waals surface area (Å²) in [5.74, 6) is 1.73. The molecule has 2 aromatic rings. The molecule has 1 unspecified atom stereocenters. The molecule has 8 heteroatoms. The molecule has 2 aliphatic heterocycles. The predicted molar refractivity (Wildman–Crippen MR) is 94.4 cm³/mol. The normalized spacial score (nSPS) is 19.0. The van der Waals surface area contributed by atoms with Crippen LogP contribution in [0.25, 0.3) is 5.82 Å². The summed E-state index contributed by atoms with van der Waals surface area (Å²) in [5.41, 5.74) is 2.33. The first kappa shape index (κ1) is 16.0. The lowest BCUT2D eigenvalue weighted by atomic mass is 10.1. The third-order valence-corrected chi connectivity index (χ3v) is 4.54. The van der Waals surface area contributed by atoms with E-state index in [0.717, 1.165) is 28.5 Å². The Morgan fingerprint density at radius 1 is 1.32 bits per heavy atom. The number of carbonyl (C=O) groups excluding carboxylic acids is 1. The van der Waals surface area contributed by atoms with Crippen molar-refractivity contribution in [2.45, 2.75) is 20.3 Å². The maximum Gasteiger partial charge on any atom is 0.268 e. The fraction of sp³-hybridized carbons (Fsp3) is 0.294. The van der Waals surface area contributed by atoms with Crippen LogP contribution in [0.4, 0.5) is 5.69 Å². The Hall–Kier alpha value is -2.51. The van der Waals surface area contributed by atoms with Gasteiger partial charge < -0.3 is 0 Å². The maximum atomic E-state index is 12.8. The first-order valence-electron chi connectivity index (χ1n) is 8.11. The van der Waals surface area contributed by atoms with Crippen molar-refractivity contribution in [1.29, 1.82) is 0 Å². The van der Waals surface area contributed by atoms with Crippen LogP contribution in [-0.4, -0.2) is 39.2 Å². The quantitative estimate of drug-likeness (QED) is 0.906. The van der Waals surface area contributed by atoms with Gasteiger partial charge in [0.25, 0.3) is 11.7 Å². The van der Waals surface area contributed by atoms with Crippen molar-refractivity contribution in [3.05, 3.63) is 46.5 Å². The van der Waals surface area contributed by atoms with Gasteiger partial charge in [-0.15, -0.1) is 5.10 Å². The summed E-state index contributed by atoms with van der Waals surface area (Å²) in [5, 5.41) is 8.95. The van der Waals surface area contributed by atoms with Gasteiger partial charge in [0, 0.05) is 18.1 Å². The highest BCUT2D eigenvalue weighted by Crippen LogP contribution is 2.27. The number of hydrogen-bond donors (Lipinski definition) is 1. The number of carbonyl (C=O) groups is 1. The second-order valence-corrected chi connectivity index (χ2v) is 7.09. The molecule has 1 aromatic carbocycles. The topological polar surface area (TPSA) is 67.8 Å². The number of aromatic nitrogens is 3. The van der Waals surface area contributed by atoms with Crippen molar-refractivity contribution >= 4 is 35.4 Å². The van der Waals surface area contributed by atoms with Gasteiger partial charge in [-0.25, -0.2) is 4.90 Å². The SMILES string of the molecule is CC(C)Cc1cn(C2=C3N(C)C(=O)c4cc(Cl)ccc4[NH+]3C=N2)nn1. The molecule has 25 heavy (non-hydrogen) atoms. The van der Waals surface area contributed by atoms with E-state index < -0.39 is 0 Å².